The lowest BCUT2D eigenvalue weighted by molar-refractivity contribution is -0.0129. The van der Waals surface area contributed by atoms with E-state index in [2.05, 4.69) is 20.1 Å². The van der Waals surface area contributed by atoms with Gasteiger partial charge in [-0.3, -0.25) is 0 Å². The molecular weight excluding hydrogens is 282 g/mol. The highest BCUT2D eigenvalue weighted by molar-refractivity contribution is 6.28. The van der Waals surface area contributed by atoms with Crippen LogP contribution in [0.15, 0.2) is 18.5 Å². The van der Waals surface area contributed by atoms with Crippen molar-refractivity contribution < 1.29 is 9.47 Å². The quantitative estimate of drug-likeness (QED) is 0.854. The predicted molar refractivity (Wildman–Crippen MR) is 71.0 cm³/mol. The minimum atomic E-state index is 0.0741. The number of halogens is 1. The lowest BCUT2D eigenvalue weighted by Gasteiger charge is -2.21. The van der Waals surface area contributed by atoms with Crippen molar-refractivity contribution in [2.45, 2.75) is 25.4 Å². The molecule has 106 valence electrons. The number of hydrogen-bond acceptors (Lipinski definition) is 6. The van der Waals surface area contributed by atoms with Crippen molar-refractivity contribution in [3.05, 3.63) is 23.7 Å². The smallest absolute Gasteiger partial charge is 0.322 e. The van der Waals surface area contributed by atoms with Crippen molar-refractivity contribution in [1.82, 2.24) is 24.7 Å². The largest absolute Gasteiger partial charge is 0.461 e. The van der Waals surface area contributed by atoms with Crippen LogP contribution in [0.1, 0.15) is 19.3 Å². The number of nitrogens with zero attached hydrogens (tertiary/aromatic N) is 5. The first-order chi connectivity index (χ1) is 9.81. The summed E-state index contributed by atoms with van der Waals surface area (Å²) in [6.45, 7) is 1.20. The van der Waals surface area contributed by atoms with Crippen LogP contribution in [0.3, 0.4) is 0 Å². The number of aromatic nitrogens is 5. The third-order valence-corrected chi connectivity index (χ3v) is 3.13. The molecule has 3 rings (SSSR count). The van der Waals surface area contributed by atoms with Crippen LogP contribution < -0.4 is 4.74 Å². The van der Waals surface area contributed by atoms with Gasteiger partial charge >= 0.3 is 6.01 Å². The summed E-state index contributed by atoms with van der Waals surface area (Å²) in [5.41, 5.74) is 0. The molecule has 0 amide bonds. The zero-order valence-corrected chi connectivity index (χ0v) is 11.5. The van der Waals surface area contributed by atoms with E-state index in [-0.39, 0.29) is 17.4 Å². The van der Waals surface area contributed by atoms with Crippen molar-refractivity contribution >= 4 is 11.6 Å². The van der Waals surface area contributed by atoms with Crippen LogP contribution in [0, 0.1) is 0 Å². The summed E-state index contributed by atoms with van der Waals surface area (Å²) in [7, 11) is 0. The molecule has 1 atom stereocenters. The summed E-state index contributed by atoms with van der Waals surface area (Å²) in [6, 6.07) is 1.96. The Morgan fingerprint density at radius 2 is 2.30 bits per heavy atom. The summed E-state index contributed by atoms with van der Waals surface area (Å²) >= 11 is 5.87. The molecule has 8 heteroatoms. The van der Waals surface area contributed by atoms with Crippen molar-refractivity contribution in [3.8, 4) is 12.0 Å². The fraction of sp³-hybridized carbons (Fsp3) is 0.500. The Morgan fingerprint density at radius 1 is 1.35 bits per heavy atom. The van der Waals surface area contributed by atoms with Crippen LogP contribution >= 0.6 is 11.6 Å². The monoisotopic (exact) mass is 295 g/mol. The highest BCUT2D eigenvalue weighted by atomic mass is 35.5. The Kier molecular flexibility index (Phi) is 4.08. The third kappa shape index (κ3) is 3.23. The lowest BCUT2D eigenvalue weighted by Crippen LogP contribution is -2.26. The fourth-order valence-electron chi connectivity index (χ4n) is 1.98. The van der Waals surface area contributed by atoms with Crippen molar-refractivity contribution in [2.75, 3.05) is 13.2 Å². The zero-order chi connectivity index (χ0) is 13.8. The van der Waals surface area contributed by atoms with Gasteiger partial charge in [-0.1, -0.05) is 0 Å². The molecule has 1 unspecified atom stereocenters. The SMILES string of the molecule is Clc1nc(OCC2CCCCO2)nc(-n2cccn2)n1. The van der Waals surface area contributed by atoms with E-state index in [0.717, 1.165) is 25.9 Å². The second kappa shape index (κ2) is 6.15. The first kappa shape index (κ1) is 13.3. The summed E-state index contributed by atoms with van der Waals surface area (Å²) in [5, 5.41) is 4.12. The second-order valence-corrected chi connectivity index (χ2v) is 4.78. The Morgan fingerprint density at radius 3 is 3.05 bits per heavy atom. The lowest BCUT2D eigenvalue weighted by atomic mass is 10.1. The molecule has 2 aromatic rings. The summed E-state index contributed by atoms with van der Waals surface area (Å²) < 4.78 is 12.6. The van der Waals surface area contributed by atoms with E-state index in [4.69, 9.17) is 21.1 Å². The summed E-state index contributed by atoms with van der Waals surface area (Å²) in [6.07, 6.45) is 6.70. The topological polar surface area (TPSA) is 75.0 Å². The van der Waals surface area contributed by atoms with Gasteiger partial charge in [0.05, 0.1) is 6.10 Å². The van der Waals surface area contributed by atoms with Gasteiger partial charge in [0.15, 0.2) is 0 Å². The fourth-order valence-corrected chi connectivity index (χ4v) is 2.13. The van der Waals surface area contributed by atoms with Crippen molar-refractivity contribution in [2.24, 2.45) is 0 Å². The van der Waals surface area contributed by atoms with E-state index in [1.165, 1.54) is 4.68 Å². The average Bonchev–Trinajstić information content (AvgIpc) is 3.00. The van der Waals surface area contributed by atoms with Gasteiger partial charge in [-0.15, -0.1) is 0 Å². The Bertz CT molecular complexity index is 557. The van der Waals surface area contributed by atoms with Crippen molar-refractivity contribution in [1.29, 1.82) is 0 Å². The molecule has 1 fully saturated rings. The van der Waals surface area contributed by atoms with Crippen LogP contribution in [-0.2, 0) is 4.74 Å². The number of ether oxygens (including phenoxy) is 2. The van der Waals surface area contributed by atoms with Crippen molar-refractivity contribution in [3.63, 3.8) is 0 Å². The maximum absolute atomic E-state index is 5.87. The Labute approximate surface area is 120 Å². The molecular formula is C12H14ClN5O2. The van der Waals surface area contributed by atoms with E-state index in [1.807, 2.05) is 0 Å². The Balaban J connectivity index is 1.69. The standard InChI is InChI=1S/C12H14ClN5O2/c13-10-15-11(18-6-3-5-14-18)17-12(16-10)20-8-9-4-1-2-7-19-9/h3,5-6,9H,1-2,4,7-8H2. The van der Waals surface area contributed by atoms with Gasteiger partial charge in [0, 0.05) is 19.0 Å². The van der Waals surface area contributed by atoms with Gasteiger partial charge in [-0.2, -0.15) is 20.1 Å². The molecule has 1 saturated heterocycles. The molecule has 7 nitrogen and oxygen atoms in total. The van der Waals surface area contributed by atoms with Crippen LogP contribution in [-0.4, -0.2) is 44.1 Å². The predicted octanol–water partition coefficient (Wildman–Crippen LogP) is 1.66. The summed E-state index contributed by atoms with van der Waals surface area (Å²) in [5.74, 6) is 0.328. The molecule has 1 aliphatic heterocycles. The van der Waals surface area contributed by atoms with Gasteiger partial charge in [0.1, 0.15) is 6.61 Å². The van der Waals surface area contributed by atoms with E-state index in [0.29, 0.717) is 12.6 Å². The van der Waals surface area contributed by atoms with E-state index < -0.39 is 0 Å². The van der Waals surface area contributed by atoms with Crippen LogP contribution in [0.5, 0.6) is 6.01 Å². The zero-order valence-electron chi connectivity index (χ0n) is 10.8. The summed E-state index contributed by atoms with van der Waals surface area (Å²) in [4.78, 5) is 12.1. The van der Waals surface area contributed by atoms with Gasteiger partial charge in [0.25, 0.3) is 5.95 Å². The molecule has 1 aliphatic rings. The third-order valence-electron chi connectivity index (χ3n) is 2.96. The molecule has 0 N–H and O–H groups in total. The maximum Gasteiger partial charge on any atom is 0.322 e. The Hall–Kier alpha value is -1.73. The average molecular weight is 296 g/mol. The van der Waals surface area contributed by atoms with E-state index in [1.54, 1.807) is 18.5 Å². The molecule has 0 radical (unpaired) electrons. The molecule has 0 aliphatic carbocycles. The van der Waals surface area contributed by atoms with Crippen LogP contribution in [0.25, 0.3) is 5.95 Å². The maximum atomic E-state index is 5.87. The van der Waals surface area contributed by atoms with Crippen LogP contribution in [0.4, 0.5) is 0 Å². The van der Waals surface area contributed by atoms with Gasteiger partial charge in [-0.25, -0.2) is 4.68 Å². The van der Waals surface area contributed by atoms with Gasteiger partial charge in [-0.05, 0) is 36.9 Å². The van der Waals surface area contributed by atoms with Gasteiger partial charge < -0.3 is 9.47 Å². The normalized spacial score (nSPS) is 18.9. The molecule has 3 heterocycles. The molecule has 0 spiro atoms. The number of rotatable bonds is 4. The van der Waals surface area contributed by atoms with Crippen LogP contribution in [0.2, 0.25) is 5.28 Å². The minimum Gasteiger partial charge on any atom is -0.461 e. The molecule has 0 saturated carbocycles. The molecule has 2 aromatic heterocycles. The molecule has 20 heavy (non-hydrogen) atoms. The van der Waals surface area contributed by atoms with E-state index >= 15 is 0 Å². The van der Waals surface area contributed by atoms with Gasteiger partial charge in [0.2, 0.25) is 5.28 Å². The minimum absolute atomic E-state index is 0.0741. The first-order valence-corrected chi connectivity index (χ1v) is 6.85. The highest BCUT2D eigenvalue weighted by Gasteiger charge is 2.16. The second-order valence-electron chi connectivity index (χ2n) is 4.44. The first-order valence-electron chi connectivity index (χ1n) is 6.47. The molecule has 0 aromatic carbocycles. The number of hydrogen-bond donors (Lipinski definition) is 0. The highest BCUT2D eigenvalue weighted by Crippen LogP contribution is 2.15. The van der Waals surface area contributed by atoms with E-state index in [9.17, 15) is 0 Å². The molecule has 0 bridgehead atoms.